The molecule has 0 radical (unpaired) electrons. The molecule has 4 N–H and O–H groups in total. The molecule has 334 valence electrons. The van der Waals surface area contributed by atoms with Crippen LogP contribution in [0.1, 0.15) is 158 Å². The van der Waals surface area contributed by atoms with Gasteiger partial charge in [-0.25, -0.2) is 9.59 Å². The first-order valence-electron chi connectivity index (χ1n) is 21.4. The Morgan fingerprint density at radius 2 is 0.873 bits per heavy atom. The fourth-order valence-electron chi connectivity index (χ4n) is 7.01. The van der Waals surface area contributed by atoms with E-state index in [1.165, 1.54) is 68.5 Å². The molecule has 2 aliphatic rings. The molecule has 0 aliphatic heterocycles. The van der Waals surface area contributed by atoms with Crippen LogP contribution in [0.4, 0.5) is 21.0 Å². The highest BCUT2D eigenvalue weighted by molar-refractivity contribution is 6.35. The molecule has 13 nitrogen and oxygen atoms in total. The zero-order valence-electron chi connectivity index (χ0n) is 38.1. The second kappa shape index (κ2) is 20.0. The summed E-state index contributed by atoms with van der Waals surface area (Å²) >= 11 is 0. The lowest BCUT2D eigenvalue weighted by Gasteiger charge is -2.31. The van der Waals surface area contributed by atoms with Gasteiger partial charge in [0.1, 0.15) is 6.73 Å². The van der Waals surface area contributed by atoms with Gasteiger partial charge in [0.25, 0.3) is 0 Å². The van der Waals surface area contributed by atoms with E-state index in [0.29, 0.717) is 5.41 Å². The van der Waals surface area contributed by atoms with Gasteiger partial charge >= 0.3 is 12.2 Å². The molecule has 2 aliphatic carbocycles. The minimum absolute atomic E-state index is 0.00692. The van der Waals surface area contributed by atoms with Crippen LogP contribution in [0.25, 0.3) is 11.1 Å². The number of amides is 2. The first kappa shape index (κ1) is 48.0. The van der Waals surface area contributed by atoms with Crippen molar-refractivity contribution in [2.45, 2.75) is 100.0 Å². The fraction of sp³-hybridized carbons (Fsp3) is 0.400. The van der Waals surface area contributed by atoms with E-state index in [0.717, 1.165) is 19.3 Å². The quantitative estimate of drug-likeness (QED) is 0.0439. The second-order valence-corrected chi connectivity index (χ2v) is 17.9. The van der Waals surface area contributed by atoms with Crippen molar-refractivity contribution in [3.8, 4) is 11.1 Å². The summed E-state index contributed by atoms with van der Waals surface area (Å²) in [7, 11) is 1.34. The first-order valence-corrected chi connectivity index (χ1v) is 21.4. The number of benzene rings is 4. The Labute approximate surface area is 370 Å². The van der Waals surface area contributed by atoms with Crippen LogP contribution in [-0.2, 0) is 14.3 Å². The van der Waals surface area contributed by atoms with Gasteiger partial charge in [-0.2, -0.15) is 5.48 Å². The van der Waals surface area contributed by atoms with Crippen LogP contribution < -0.4 is 21.4 Å². The Kier molecular flexibility index (Phi) is 15.2. The van der Waals surface area contributed by atoms with Gasteiger partial charge in [-0.3, -0.25) is 35.1 Å². The highest BCUT2D eigenvalue weighted by atomic mass is 16.7. The molecule has 0 unspecified atom stereocenters. The summed E-state index contributed by atoms with van der Waals surface area (Å²) < 4.78 is 10.5. The van der Waals surface area contributed by atoms with Crippen LogP contribution in [0.5, 0.6) is 0 Å². The average molecular weight is 861 g/mol. The lowest BCUT2D eigenvalue weighted by atomic mass is 9.75. The number of hydroxylamine groups is 1. The number of anilines is 2. The van der Waals surface area contributed by atoms with Crippen molar-refractivity contribution in [1.82, 2.24) is 10.8 Å². The summed E-state index contributed by atoms with van der Waals surface area (Å²) in [6.45, 7) is 19.3. The number of carbonyl (C=O) groups excluding carboxylic acids is 6. The molecule has 13 heteroatoms. The Hall–Kier alpha value is -6.02. The van der Waals surface area contributed by atoms with Gasteiger partial charge in [-0.1, -0.05) is 128 Å². The van der Waals surface area contributed by atoms with Crippen molar-refractivity contribution < 1.29 is 43.1 Å². The maximum atomic E-state index is 14.4. The zero-order chi connectivity index (χ0) is 46.3. The minimum atomic E-state index is -0.931. The van der Waals surface area contributed by atoms with E-state index in [9.17, 15) is 28.8 Å². The van der Waals surface area contributed by atoms with E-state index in [-0.39, 0.29) is 91.4 Å². The highest BCUT2D eigenvalue weighted by Crippen LogP contribution is 2.44. The predicted octanol–water partition coefficient (Wildman–Crippen LogP) is 10.5. The van der Waals surface area contributed by atoms with Crippen LogP contribution >= 0.6 is 0 Å². The standard InChI is InChI=1S/C43H44N4O9.C7H16/c1-7-42(2,3)20-21-43(4,5)44-22-55-40(52)46-30-18-16-24(32-34(30)38(50)28-14-10-8-12-26(28)36(32)48)25-17-19-31(47-41(53)56-23-45-54-6)35-33(25)37(49)27-13-9-11-15-29(27)39(35)51;1-5-7(3,4)6-2/h8-19,44-45H,7,20-23H2,1-6H3,(H,46,52)(H,47,53);5-6H2,1-4H3. The maximum Gasteiger partial charge on any atom is 0.413 e. The largest absolute Gasteiger partial charge is 0.433 e. The molecule has 4 aromatic rings. The van der Waals surface area contributed by atoms with E-state index in [1.807, 2.05) is 13.8 Å². The molecular formula is C50H60N4O9. The third-order valence-electron chi connectivity index (χ3n) is 12.4. The average Bonchev–Trinajstić information content (AvgIpc) is 3.27. The van der Waals surface area contributed by atoms with Crippen LogP contribution in [0.3, 0.4) is 0 Å². The Bertz CT molecular complexity index is 2410. The molecule has 0 saturated heterocycles. The minimum Gasteiger partial charge on any atom is -0.433 e. The Balaban J connectivity index is 0.000000985. The van der Waals surface area contributed by atoms with Gasteiger partial charge in [0, 0.05) is 38.9 Å². The molecule has 0 fully saturated rings. The molecule has 6 rings (SSSR count). The van der Waals surface area contributed by atoms with Gasteiger partial charge in [0.15, 0.2) is 29.9 Å². The van der Waals surface area contributed by atoms with Gasteiger partial charge < -0.3 is 14.3 Å². The number of carbonyl (C=O) groups is 6. The van der Waals surface area contributed by atoms with Crippen molar-refractivity contribution in [2.24, 2.45) is 10.8 Å². The summed E-state index contributed by atoms with van der Waals surface area (Å²) in [5.74, 6) is -2.14. The molecule has 0 aromatic heterocycles. The normalized spacial score (nSPS) is 13.2. The fourth-order valence-corrected chi connectivity index (χ4v) is 7.01. The number of nitrogens with one attached hydrogen (secondary N) is 4. The lowest BCUT2D eigenvalue weighted by molar-refractivity contribution is 0.0237. The van der Waals surface area contributed by atoms with Gasteiger partial charge in [-0.15, -0.1) is 0 Å². The summed E-state index contributed by atoms with van der Waals surface area (Å²) in [6.07, 6.45) is 3.66. The Morgan fingerprint density at radius 3 is 1.24 bits per heavy atom. The molecule has 0 saturated carbocycles. The van der Waals surface area contributed by atoms with E-state index < -0.39 is 35.3 Å². The molecule has 0 bridgehead atoms. The predicted molar refractivity (Wildman–Crippen MR) is 243 cm³/mol. The number of ketones is 4. The number of rotatable bonds is 15. The van der Waals surface area contributed by atoms with Crippen molar-refractivity contribution in [1.29, 1.82) is 0 Å². The molecular weight excluding hydrogens is 801 g/mol. The van der Waals surface area contributed by atoms with Crippen molar-refractivity contribution >= 4 is 46.7 Å². The van der Waals surface area contributed by atoms with Crippen LogP contribution in [-0.4, -0.2) is 61.4 Å². The van der Waals surface area contributed by atoms with E-state index in [4.69, 9.17) is 14.3 Å². The molecule has 63 heavy (non-hydrogen) atoms. The maximum absolute atomic E-state index is 14.4. The number of hydrogen-bond acceptors (Lipinski definition) is 11. The summed E-state index contributed by atoms with van der Waals surface area (Å²) in [6, 6.07) is 18.5. The SMILES string of the molecule is CCC(C)(C)CC.CCC(C)(C)CCC(C)(C)NCOC(=O)Nc1ccc(-c2ccc(NC(=O)OCNOC)c3c2C(=O)c2ccccc2C3=O)c2c1C(=O)c1ccccc1C2=O. The lowest BCUT2D eigenvalue weighted by Crippen LogP contribution is -2.42. The van der Waals surface area contributed by atoms with Crippen LogP contribution in [0.2, 0.25) is 0 Å². The second-order valence-electron chi connectivity index (χ2n) is 17.9. The van der Waals surface area contributed by atoms with Crippen LogP contribution in [0.15, 0.2) is 72.8 Å². The van der Waals surface area contributed by atoms with Crippen molar-refractivity contribution in [3.63, 3.8) is 0 Å². The van der Waals surface area contributed by atoms with Gasteiger partial charge in [0.2, 0.25) is 0 Å². The van der Waals surface area contributed by atoms with Crippen molar-refractivity contribution in [3.05, 3.63) is 117 Å². The highest BCUT2D eigenvalue weighted by Gasteiger charge is 2.39. The zero-order valence-corrected chi connectivity index (χ0v) is 38.1. The third-order valence-corrected chi connectivity index (χ3v) is 12.4. The number of ether oxygens (including phenoxy) is 2. The summed E-state index contributed by atoms with van der Waals surface area (Å²) in [5, 5.41) is 8.45. The Morgan fingerprint density at radius 1 is 0.492 bits per heavy atom. The number of fused-ring (bicyclic) bond motifs is 4. The molecule has 0 spiro atoms. The molecule has 0 heterocycles. The topological polar surface area (TPSA) is 178 Å². The summed E-state index contributed by atoms with van der Waals surface area (Å²) in [5.41, 5.74) is 3.30. The molecule has 0 atom stereocenters. The van der Waals surface area contributed by atoms with E-state index in [2.05, 4.69) is 69.9 Å². The summed E-state index contributed by atoms with van der Waals surface area (Å²) in [4.78, 5) is 87.8. The van der Waals surface area contributed by atoms with Gasteiger partial charge in [0.05, 0.1) is 29.6 Å². The smallest absolute Gasteiger partial charge is 0.413 e. The molecule has 4 aromatic carbocycles. The van der Waals surface area contributed by atoms with E-state index >= 15 is 0 Å². The number of hydrogen-bond donors (Lipinski definition) is 4. The third kappa shape index (κ3) is 11.0. The van der Waals surface area contributed by atoms with E-state index in [1.54, 1.807) is 24.3 Å². The monoisotopic (exact) mass is 860 g/mol. The van der Waals surface area contributed by atoms with Gasteiger partial charge in [-0.05, 0) is 60.8 Å². The van der Waals surface area contributed by atoms with Crippen LogP contribution in [0, 0.1) is 10.8 Å². The molecule has 2 amide bonds. The first-order chi connectivity index (χ1) is 29.8. The van der Waals surface area contributed by atoms with Crippen molar-refractivity contribution in [2.75, 3.05) is 31.2 Å².